The van der Waals surface area contributed by atoms with Crippen molar-refractivity contribution in [3.05, 3.63) is 12.2 Å². The van der Waals surface area contributed by atoms with Crippen LogP contribution >= 0.6 is 0 Å². The van der Waals surface area contributed by atoms with Crippen molar-refractivity contribution in [3.8, 4) is 0 Å². The van der Waals surface area contributed by atoms with Crippen LogP contribution in [0.15, 0.2) is 12.2 Å². The van der Waals surface area contributed by atoms with Crippen LogP contribution in [0.2, 0.25) is 0 Å². The fourth-order valence-electron chi connectivity index (χ4n) is 0.720. The molecule has 0 saturated heterocycles. The highest BCUT2D eigenvalue weighted by atomic mass is 19.1. The van der Waals surface area contributed by atoms with Crippen LogP contribution in [-0.2, 0) is 9.53 Å². The number of esters is 1. The van der Waals surface area contributed by atoms with Crippen molar-refractivity contribution in [1.29, 1.82) is 0 Å². The van der Waals surface area contributed by atoms with E-state index >= 15 is 0 Å². The monoisotopic (exact) mass is 174 g/mol. The van der Waals surface area contributed by atoms with E-state index in [4.69, 9.17) is 4.74 Å². The first kappa shape index (κ1) is 11.1. The van der Waals surface area contributed by atoms with E-state index in [-0.39, 0.29) is 12.5 Å². The Balaban J connectivity index is 3.85. The maximum Gasteiger partial charge on any atom is 0.333 e. The Morgan fingerprint density at radius 1 is 1.67 bits per heavy atom. The Morgan fingerprint density at radius 2 is 2.25 bits per heavy atom. The van der Waals surface area contributed by atoms with Crippen LogP contribution in [0.5, 0.6) is 0 Å². The molecule has 3 heteroatoms. The molecular formula is C9H15FO2. The largest absolute Gasteiger partial charge is 0.459 e. The van der Waals surface area contributed by atoms with Crippen LogP contribution in [0.4, 0.5) is 4.39 Å². The van der Waals surface area contributed by atoms with Gasteiger partial charge in [-0.3, -0.25) is 4.39 Å². The Labute approximate surface area is 72.4 Å². The summed E-state index contributed by atoms with van der Waals surface area (Å²) in [5, 5.41) is 0. The number of halogens is 1. The first-order valence-corrected chi connectivity index (χ1v) is 4.04. The topological polar surface area (TPSA) is 26.3 Å². The molecule has 0 aliphatic rings. The number of ether oxygens (including phenoxy) is 1. The van der Waals surface area contributed by atoms with Crippen LogP contribution in [-0.4, -0.2) is 18.7 Å². The Morgan fingerprint density at radius 3 is 2.58 bits per heavy atom. The summed E-state index contributed by atoms with van der Waals surface area (Å²) in [6.07, 6.45) is 0.609. The summed E-state index contributed by atoms with van der Waals surface area (Å²) >= 11 is 0. The van der Waals surface area contributed by atoms with Crippen LogP contribution in [0.25, 0.3) is 0 Å². The molecule has 0 amide bonds. The van der Waals surface area contributed by atoms with Gasteiger partial charge in [-0.25, -0.2) is 4.79 Å². The van der Waals surface area contributed by atoms with Crippen LogP contribution in [0, 0.1) is 0 Å². The van der Waals surface area contributed by atoms with Crippen LogP contribution in [0.3, 0.4) is 0 Å². The normalized spacial score (nSPS) is 12.2. The quantitative estimate of drug-likeness (QED) is 0.472. The standard InChI is InChI=1S/C9H15FO2/c1-4-8(5-6-10)12-9(11)7(2)3/h8H,2,4-6H2,1,3H3. The van der Waals surface area contributed by atoms with Crippen LogP contribution < -0.4 is 0 Å². The van der Waals surface area contributed by atoms with Gasteiger partial charge >= 0.3 is 5.97 Å². The van der Waals surface area contributed by atoms with Crippen molar-refractivity contribution in [2.75, 3.05) is 6.67 Å². The van der Waals surface area contributed by atoms with Crippen molar-refractivity contribution in [3.63, 3.8) is 0 Å². The molecule has 0 spiro atoms. The molecule has 0 rings (SSSR count). The lowest BCUT2D eigenvalue weighted by molar-refractivity contribution is -0.144. The highest BCUT2D eigenvalue weighted by Gasteiger charge is 2.12. The second kappa shape index (κ2) is 5.75. The molecule has 0 aliphatic heterocycles. The Bertz CT molecular complexity index is 166. The average Bonchev–Trinajstić information content (AvgIpc) is 2.03. The number of carbonyl (C=O) groups is 1. The molecule has 0 aromatic heterocycles. The fourth-order valence-corrected chi connectivity index (χ4v) is 0.720. The van der Waals surface area contributed by atoms with Crippen molar-refractivity contribution in [2.24, 2.45) is 0 Å². The molecule has 1 unspecified atom stereocenters. The Hall–Kier alpha value is -0.860. The summed E-state index contributed by atoms with van der Waals surface area (Å²) in [5.74, 6) is -0.435. The predicted molar refractivity (Wildman–Crippen MR) is 45.6 cm³/mol. The van der Waals surface area contributed by atoms with Gasteiger partial charge in [-0.05, 0) is 13.3 Å². The minimum absolute atomic E-state index is 0.273. The number of hydrogen-bond donors (Lipinski definition) is 0. The SMILES string of the molecule is C=C(C)C(=O)OC(CC)CCF. The third-order valence-corrected chi connectivity index (χ3v) is 1.51. The van der Waals surface area contributed by atoms with Gasteiger partial charge in [0.1, 0.15) is 6.10 Å². The zero-order chi connectivity index (χ0) is 9.56. The maximum absolute atomic E-state index is 11.9. The van der Waals surface area contributed by atoms with Crippen molar-refractivity contribution >= 4 is 5.97 Å². The van der Waals surface area contributed by atoms with E-state index in [1.54, 1.807) is 6.92 Å². The molecule has 12 heavy (non-hydrogen) atoms. The van der Waals surface area contributed by atoms with E-state index in [0.717, 1.165) is 0 Å². The van der Waals surface area contributed by atoms with E-state index in [9.17, 15) is 9.18 Å². The number of rotatable bonds is 5. The molecule has 0 radical (unpaired) electrons. The van der Waals surface area contributed by atoms with Crippen LogP contribution in [0.1, 0.15) is 26.7 Å². The Kier molecular flexibility index (Phi) is 5.34. The van der Waals surface area contributed by atoms with E-state index in [2.05, 4.69) is 6.58 Å². The molecule has 70 valence electrons. The number of alkyl halides is 1. The zero-order valence-electron chi connectivity index (χ0n) is 7.60. The molecule has 0 bridgehead atoms. The highest BCUT2D eigenvalue weighted by Crippen LogP contribution is 2.06. The number of hydrogen-bond acceptors (Lipinski definition) is 2. The first-order valence-electron chi connectivity index (χ1n) is 4.04. The lowest BCUT2D eigenvalue weighted by Gasteiger charge is -2.13. The van der Waals surface area contributed by atoms with Gasteiger partial charge in [0.2, 0.25) is 0 Å². The van der Waals surface area contributed by atoms with Crippen molar-refractivity contribution < 1.29 is 13.9 Å². The van der Waals surface area contributed by atoms with E-state index < -0.39 is 12.6 Å². The summed E-state index contributed by atoms with van der Waals surface area (Å²) < 4.78 is 16.8. The van der Waals surface area contributed by atoms with Gasteiger partial charge in [0, 0.05) is 12.0 Å². The third-order valence-electron chi connectivity index (χ3n) is 1.51. The molecule has 0 aliphatic carbocycles. The molecule has 2 nitrogen and oxygen atoms in total. The molecule has 0 N–H and O–H groups in total. The van der Waals surface area contributed by atoms with E-state index in [1.807, 2.05) is 6.92 Å². The first-order chi connectivity index (χ1) is 5.61. The second-order valence-electron chi connectivity index (χ2n) is 2.69. The summed E-state index contributed by atoms with van der Waals surface area (Å²) in [6, 6.07) is 0. The van der Waals surface area contributed by atoms with E-state index in [0.29, 0.717) is 12.0 Å². The molecule has 0 aromatic carbocycles. The van der Waals surface area contributed by atoms with Gasteiger partial charge in [-0.2, -0.15) is 0 Å². The smallest absolute Gasteiger partial charge is 0.333 e. The number of carbonyl (C=O) groups excluding carboxylic acids is 1. The molecule has 0 saturated carbocycles. The van der Waals surface area contributed by atoms with Crippen molar-refractivity contribution in [1.82, 2.24) is 0 Å². The summed E-state index contributed by atoms with van der Waals surface area (Å²) in [7, 11) is 0. The summed E-state index contributed by atoms with van der Waals surface area (Å²) in [6.45, 7) is 6.40. The lowest BCUT2D eigenvalue weighted by Crippen LogP contribution is -2.18. The predicted octanol–water partition coefficient (Wildman–Crippen LogP) is 2.24. The average molecular weight is 174 g/mol. The minimum atomic E-state index is -0.456. The molecular weight excluding hydrogens is 159 g/mol. The summed E-state index contributed by atoms with van der Waals surface area (Å²) in [4.78, 5) is 10.9. The third kappa shape index (κ3) is 4.11. The van der Waals surface area contributed by atoms with Gasteiger partial charge in [-0.15, -0.1) is 0 Å². The van der Waals surface area contributed by atoms with Crippen molar-refractivity contribution in [2.45, 2.75) is 32.8 Å². The fraction of sp³-hybridized carbons (Fsp3) is 0.667. The van der Waals surface area contributed by atoms with Gasteiger partial charge in [0.05, 0.1) is 6.67 Å². The van der Waals surface area contributed by atoms with Gasteiger partial charge in [-0.1, -0.05) is 13.5 Å². The second-order valence-corrected chi connectivity index (χ2v) is 2.69. The molecule has 0 aromatic rings. The molecule has 0 heterocycles. The van der Waals surface area contributed by atoms with Gasteiger partial charge in [0.25, 0.3) is 0 Å². The maximum atomic E-state index is 11.9. The lowest BCUT2D eigenvalue weighted by atomic mass is 10.2. The summed E-state index contributed by atoms with van der Waals surface area (Å²) in [5.41, 5.74) is 0.354. The molecule has 0 fully saturated rings. The highest BCUT2D eigenvalue weighted by molar-refractivity contribution is 5.87. The zero-order valence-corrected chi connectivity index (χ0v) is 7.60. The van der Waals surface area contributed by atoms with Gasteiger partial charge in [0.15, 0.2) is 0 Å². The van der Waals surface area contributed by atoms with Gasteiger partial charge < -0.3 is 4.74 Å². The van der Waals surface area contributed by atoms with E-state index in [1.165, 1.54) is 0 Å². The molecule has 1 atom stereocenters. The minimum Gasteiger partial charge on any atom is -0.459 e.